The molecule has 0 fully saturated rings. The Balaban J connectivity index is -0.0000000560. The van der Waals surface area contributed by atoms with Crippen LogP contribution in [0.4, 0.5) is 0 Å². The molecule has 0 amide bonds. The SMILES string of the molecule is C.CC.CC(=O)OC(C)=O.[B][B]. The molecule has 0 bridgehead atoms. The summed E-state index contributed by atoms with van der Waals surface area (Å²) in [5.74, 6) is -1.12. The second-order valence-electron chi connectivity index (χ2n) is 1.09. The Morgan fingerprint density at radius 2 is 1.17 bits per heavy atom. The maximum Gasteiger partial charge on any atom is 0.310 e. The van der Waals surface area contributed by atoms with E-state index in [-0.39, 0.29) is 7.43 Å². The molecule has 5 heteroatoms. The minimum absolute atomic E-state index is 0. The van der Waals surface area contributed by atoms with Gasteiger partial charge in [-0.3, -0.25) is 9.59 Å². The maximum atomic E-state index is 9.81. The first-order valence-corrected chi connectivity index (χ1v) is 3.15. The highest BCUT2D eigenvalue weighted by Crippen LogP contribution is 1.73. The van der Waals surface area contributed by atoms with E-state index in [2.05, 4.69) is 20.2 Å². The Morgan fingerprint density at radius 1 is 1.00 bits per heavy atom. The Bertz CT molecular complexity index is 92.8. The first kappa shape index (κ1) is 22.5. The lowest BCUT2D eigenvalue weighted by Gasteiger charge is -1.87. The van der Waals surface area contributed by atoms with Crippen LogP contribution in [0.3, 0.4) is 0 Å². The standard InChI is InChI=1S/C4H6O3.C2H6.CH4.B2/c1-3(5)7-4(2)6;1-2;;1-2/h1-2H3;1-2H3;1H4;. The molecule has 0 aromatic heterocycles. The quantitative estimate of drug-likeness (QED) is 0.309. The predicted molar refractivity (Wildman–Crippen MR) is 52.0 cm³/mol. The topological polar surface area (TPSA) is 43.4 Å². The van der Waals surface area contributed by atoms with Crippen LogP contribution in [-0.4, -0.2) is 27.4 Å². The van der Waals surface area contributed by atoms with Crippen molar-refractivity contribution in [3.63, 3.8) is 0 Å². The zero-order chi connectivity index (χ0) is 9.86. The molecule has 0 atom stereocenters. The van der Waals surface area contributed by atoms with Gasteiger partial charge in [0, 0.05) is 29.3 Å². The summed E-state index contributed by atoms with van der Waals surface area (Å²) >= 11 is 0. The summed E-state index contributed by atoms with van der Waals surface area (Å²) in [6.07, 6.45) is 0. The van der Waals surface area contributed by atoms with Gasteiger partial charge < -0.3 is 4.74 Å². The largest absolute Gasteiger partial charge is 0.394 e. The van der Waals surface area contributed by atoms with Gasteiger partial charge >= 0.3 is 11.9 Å². The number of ether oxygens (including phenoxy) is 1. The van der Waals surface area contributed by atoms with E-state index in [0.29, 0.717) is 0 Å². The van der Waals surface area contributed by atoms with Crippen molar-refractivity contribution in [3.8, 4) is 0 Å². The fourth-order valence-electron chi connectivity index (χ4n) is 0.202. The van der Waals surface area contributed by atoms with E-state index in [1.807, 2.05) is 13.8 Å². The van der Waals surface area contributed by atoms with E-state index < -0.39 is 11.9 Å². The molecule has 0 aliphatic heterocycles. The third kappa shape index (κ3) is 59.3. The summed E-state index contributed by atoms with van der Waals surface area (Å²) in [6, 6.07) is 0. The average Bonchev–Trinajstić information content (AvgIpc) is 1.93. The summed E-state index contributed by atoms with van der Waals surface area (Å²) in [7, 11) is 8.00. The highest BCUT2D eigenvalue weighted by Gasteiger charge is 1.93. The second kappa shape index (κ2) is 22.4. The van der Waals surface area contributed by atoms with E-state index in [4.69, 9.17) is 0 Å². The van der Waals surface area contributed by atoms with Crippen molar-refractivity contribution in [1.82, 2.24) is 0 Å². The van der Waals surface area contributed by atoms with Crippen LogP contribution in [-0.2, 0) is 14.3 Å². The van der Waals surface area contributed by atoms with E-state index in [9.17, 15) is 9.59 Å². The van der Waals surface area contributed by atoms with Crippen LogP contribution >= 0.6 is 0 Å². The number of rotatable bonds is 0. The van der Waals surface area contributed by atoms with E-state index in [0.717, 1.165) is 0 Å². The van der Waals surface area contributed by atoms with Crippen LogP contribution in [0.15, 0.2) is 0 Å². The molecule has 0 saturated carbocycles. The van der Waals surface area contributed by atoms with Crippen molar-refractivity contribution in [3.05, 3.63) is 0 Å². The molecular weight excluding hydrogens is 154 g/mol. The molecule has 0 aromatic rings. The molecule has 0 unspecified atom stereocenters. The Labute approximate surface area is 77.7 Å². The van der Waals surface area contributed by atoms with Gasteiger partial charge in [0.05, 0.1) is 0 Å². The zero-order valence-corrected chi connectivity index (χ0v) is 7.38. The third-order valence-corrected chi connectivity index (χ3v) is 0.287. The summed E-state index contributed by atoms with van der Waals surface area (Å²) in [5.41, 5.74) is 0. The minimum Gasteiger partial charge on any atom is -0.394 e. The van der Waals surface area contributed by atoms with Crippen LogP contribution in [0, 0.1) is 0 Å². The highest BCUT2D eigenvalue weighted by atomic mass is 16.6. The third-order valence-electron chi connectivity index (χ3n) is 0.287. The average molecular weight is 170 g/mol. The molecule has 0 aromatic carbocycles. The zero-order valence-electron chi connectivity index (χ0n) is 7.38. The lowest BCUT2D eigenvalue weighted by molar-refractivity contribution is -0.156. The van der Waals surface area contributed by atoms with Crippen molar-refractivity contribution in [2.75, 3.05) is 0 Å². The lowest BCUT2D eigenvalue weighted by atomic mass is 9.81. The molecule has 0 rings (SSSR count). The van der Waals surface area contributed by atoms with E-state index in [1.54, 1.807) is 0 Å². The Hall–Kier alpha value is -0.730. The van der Waals surface area contributed by atoms with Gasteiger partial charge in [-0.2, -0.15) is 0 Å². The Morgan fingerprint density at radius 3 is 1.17 bits per heavy atom. The maximum absolute atomic E-state index is 9.81. The number of carbonyl (C=O) groups is 2. The van der Waals surface area contributed by atoms with Crippen LogP contribution in [0.1, 0.15) is 35.1 Å². The predicted octanol–water partition coefficient (Wildman–Crippen LogP) is 0.997. The normalized spacial score (nSPS) is 5.33. The van der Waals surface area contributed by atoms with Crippen molar-refractivity contribution in [1.29, 1.82) is 0 Å². The summed E-state index contributed by atoms with van der Waals surface area (Å²) in [4.78, 5) is 19.6. The van der Waals surface area contributed by atoms with Gasteiger partial charge in [0.25, 0.3) is 0 Å². The van der Waals surface area contributed by atoms with Crippen LogP contribution in [0.2, 0.25) is 0 Å². The molecule has 0 heterocycles. The first-order valence-electron chi connectivity index (χ1n) is 3.15. The number of hydrogen-bond acceptors (Lipinski definition) is 3. The monoisotopic (exact) mass is 170 g/mol. The van der Waals surface area contributed by atoms with E-state index in [1.165, 1.54) is 13.8 Å². The summed E-state index contributed by atoms with van der Waals surface area (Å²) < 4.78 is 3.97. The smallest absolute Gasteiger partial charge is 0.310 e. The van der Waals surface area contributed by atoms with Crippen LogP contribution in [0.25, 0.3) is 0 Å². The summed E-state index contributed by atoms with van der Waals surface area (Å²) in [6.45, 7) is 6.36. The van der Waals surface area contributed by atoms with Gasteiger partial charge in [0.15, 0.2) is 0 Å². The summed E-state index contributed by atoms with van der Waals surface area (Å²) in [5, 5.41) is 0. The van der Waals surface area contributed by atoms with Crippen molar-refractivity contribution >= 4 is 27.4 Å². The molecule has 0 saturated heterocycles. The second-order valence-corrected chi connectivity index (χ2v) is 1.09. The fourth-order valence-corrected chi connectivity index (χ4v) is 0.202. The highest BCUT2D eigenvalue weighted by molar-refractivity contribution is 6.75. The van der Waals surface area contributed by atoms with Gasteiger partial charge in [-0.15, -0.1) is 0 Å². The van der Waals surface area contributed by atoms with Crippen LogP contribution in [0.5, 0.6) is 0 Å². The van der Waals surface area contributed by atoms with Crippen molar-refractivity contribution < 1.29 is 14.3 Å². The van der Waals surface area contributed by atoms with Gasteiger partial charge in [-0.05, 0) is 0 Å². The lowest BCUT2D eigenvalue weighted by Crippen LogP contribution is -2.03. The molecule has 0 aliphatic rings. The van der Waals surface area contributed by atoms with Crippen molar-refractivity contribution in [2.45, 2.75) is 35.1 Å². The fraction of sp³-hybridized carbons (Fsp3) is 0.714. The Kier molecular flexibility index (Phi) is 42.1. The van der Waals surface area contributed by atoms with Crippen molar-refractivity contribution in [2.24, 2.45) is 0 Å². The van der Waals surface area contributed by atoms with Gasteiger partial charge in [0.1, 0.15) is 0 Å². The molecule has 3 nitrogen and oxygen atoms in total. The molecule has 0 aliphatic carbocycles. The molecule has 12 heavy (non-hydrogen) atoms. The van der Waals surface area contributed by atoms with Crippen LogP contribution < -0.4 is 0 Å². The number of esters is 2. The minimum atomic E-state index is -0.562. The molecule has 68 valence electrons. The molecule has 0 N–H and O–H groups in total. The van der Waals surface area contributed by atoms with Gasteiger partial charge in [-0.25, -0.2) is 0 Å². The molecular formula is C7H16B2O3. The number of hydrogen-bond donors (Lipinski definition) is 0. The number of carbonyl (C=O) groups excluding carboxylic acids is 2. The first-order chi connectivity index (χ1) is 5.13. The van der Waals surface area contributed by atoms with Gasteiger partial charge in [0.2, 0.25) is 0 Å². The van der Waals surface area contributed by atoms with Gasteiger partial charge in [-0.1, -0.05) is 21.3 Å². The molecule has 4 radical (unpaired) electrons. The molecule has 0 spiro atoms. The van der Waals surface area contributed by atoms with E-state index >= 15 is 0 Å².